The van der Waals surface area contributed by atoms with E-state index in [4.69, 9.17) is 0 Å². The number of nitrogens with one attached hydrogen (secondary N) is 1. The van der Waals surface area contributed by atoms with Crippen molar-refractivity contribution in [1.29, 1.82) is 0 Å². The van der Waals surface area contributed by atoms with Gasteiger partial charge in [-0.1, -0.05) is 210 Å². The molecule has 0 aromatic carbocycles. The van der Waals surface area contributed by atoms with Crippen LogP contribution in [0.4, 0.5) is 0 Å². The van der Waals surface area contributed by atoms with E-state index in [1.54, 1.807) is 6.08 Å². The predicted molar refractivity (Wildman–Crippen MR) is 230 cm³/mol. The lowest BCUT2D eigenvalue weighted by Gasteiger charge is -2.19. The van der Waals surface area contributed by atoms with Crippen LogP contribution in [0.3, 0.4) is 0 Å². The maximum Gasteiger partial charge on any atom is 0.220 e. The van der Waals surface area contributed by atoms with E-state index in [1.165, 1.54) is 161 Å². The van der Waals surface area contributed by atoms with Crippen molar-refractivity contribution in [3.63, 3.8) is 0 Å². The second-order valence-corrected chi connectivity index (χ2v) is 15.5. The molecule has 0 fully saturated rings. The Bertz CT molecular complexity index is 831. The lowest BCUT2D eigenvalue weighted by molar-refractivity contribution is -0.123. The fourth-order valence-corrected chi connectivity index (χ4v) is 6.75. The topological polar surface area (TPSA) is 69.6 Å². The lowest BCUT2D eigenvalue weighted by atomic mass is 10.0. The number of hydrogen-bond donors (Lipinski definition) is 3. The molecule has 0 saturated heterocycles. The monoisotopic (exact) mass is 728 g/mol. The Morgan fingerprint density at radius 2 is 0.808 bits per heavy atom. The second kappa shape index (κ2) is 43.8. The molecule has 0 aliphatic heterocycles. The highest BCUT2D eigenvalue weighted by atomic mass is 16.3. The van der Waals surface area contributed by atoms with Gasteiger partial charge in [0.15, 0.2) is 0 Å². The van der Waals surface area contributed by atoms with E-state index >= 15 is 0 Å². The summed E-state index contributed by atoms with van der Waals surface area (Å²) in [6.07, 6.45) is 59.4. The molecule has 3 N–H and O–H groups in total. The predicted octanol–water partition coefficient (Wildman–Crippen LogP) is 14.4. The first kappa shape index (κ1) is 50.4. The standard InChI is InChI=1S/C48H89NO3/c1-3-5-7-9-11-13-15-17-19-21-22-23-24-25-26-27-28-29-31-33-35-37-39-41-43-47(51)46(45-50)49-48(52)44-42-40-38-36-34-32-30-20-18-16-14-12-10-8-6-4-2/h14,16,20,30,33,35,41,43,46-47,50-51H,3-13,15,17-19,21-29,31-32,34,36-40,42,44-45H2,1-2H3,(H,49,52)/b16-14-,30-20-,35-33+,43-41+. The molecule has 0 spiro atoms. The SMILES string of the molecule is CCCCCC/C=C\C/C=C\CCCCCCCC(=O)NC(CO)C(O)/C=C/CC/C=C/CCCCCCCCCCCCCCCCCCCC. The van der Waals surface area contributed by atoms with E-state index < -0.39 is 12.1 Å². The highest BCUT2D eigenvalue weighted by molar-refractivity contribution is 5.76. The highest BCUT2D eigenvalue weighted by Crippen LogP contribution is 2.15. The van der Waals surface area contributed by atoms with Crippen LogP contribution in [0.15, 0.2) is 48.6 Å². The molecule has 0 aliphatic rings. The van der Waals surface area contributed by atoms with Gasteiger partial charge in [-0.25, -0.2) is 0 Å². The van der Waals surface area contributed by atoms with Crippen molar-refractivity contribution in [1.82, 2.24) is 5.32 Å². The van der Waals surface area contributed by atoms with Crippen molar-refractivity contribution in [2.75, 3.05) is 6.61 Å². The van der Waals surface area contributed by atoms with Gasteiger partial charge in [0, 0.05) is 6.42 Å². The normalized spacial score (nSPS) is 13.4. The van der Waals surface area contributed by atoms with Crippen LogP contribution in [0.25, 0.3) is 0 Å². The van der Waals surface area contributed by atoms with Crippen molar-refractivity contribution in [3.8, 4) is 0 Å². The van der Waals surface area contributed by atoms with E-state index in [1.807, 2.05) is 6.08 Å². The zero-order valence-corrected chi connectivity index (χ0v) is 34.8. The Balaban J connectivity index is 3.61. The first-order chi connectivity index (χ1) is 25.7. The van der Waals surface area contributed by atoms with Gasteiger partial charge < -0.3 is 15.5 Å². The molecule has 4 heteroatoms. The molecule has 0 saturated carbocycles. The van der Waals surface area contributed by atoms with Crippen LogP contribution in [0, 0.1) is 0 Å². The molecule has 0 bridgehead atoms. The van der Waals surface area contributed by atoms with E-state index in [0.717, 1.165) is 51.4 Å². The van der Waals surface area contributed by atoms with E-state index in [-0.39, 0.29) is 12.5 Å². The molecule has 0 rings (SSSR count). The zero-order chi connectivity index (χ0) is 37.8. The van der Waals surface area contributed by atoms with Crippen LogP contribution in [0.5, 0.6) is 0 Å². The molecule has 0 aromatic heterocycles. The van der Waals surface area contributed by atoms with Crippen molar-refractivity contribution >= 4 is 5.91 Å². The van der Waals surface area contributed by atoms with E-state index in [9.17, 15) is 15.0 Å². The van der Waals surface area contributed by atoms with Crippen LogP contribution in [-0.4, -0.2) is 34.9 Å². The molecular weight excluding hydrogens is 639 g/mol. The summed E-state index contributed by atoms with van der Waals surface area (Å²) in [5, 5.41) is 23.0. The molecule has 1 amide bonds. The highest BCUT2D eigenvalue weighted by Gasteiger charge is 2.17. The summed E-state index contributed by atoms with van der Waals surface area (Å²) in [5.74, 6) is -0.0876. The van der Waals surface area contributed by atoms with E-state index in [2.05, 4.69) is 55.6 Å². The third-order valence-corrected chi connectivity index (χ3v) is 10.3. The summed E-state index contributed by atoms with van der Waals surface area (Å²) >= 11 is 0. The Hall–Kier alpha value is -1.65. The molecule has 0 radical (unpaired) electrons. The summed E-state index contributed by atoms with van der Waals surface area (Å²) in [5.41, 5.74) is 0. The third kappa shape index (κ3) is 39.6. The van der Waals surface area contributed by atoms with Crippen molar-refractivity contribution < 1.29 is 15.0 Å². The Morgan fingerprint density at radius 3 is 1.25 bits per heavy atom. The number of aliphatic hydroxyl groups excluding tert-OH is 2. The molecule has 0 aromatic rings. The minimum atomic E-state index is -0.869. The first-order valence-electron chi connectivity index (χ1n) is 22.9. The third-order valence-electron chi connectivity index (χ3n) is 10.3. The van der Waals surface area contributed by atoms with Crippen LogP contribution in [0.1, 0.15) is 232 Å². The molecule has 52 heavy (non-hydrogen) atoms. The number of rotatable bonds is 41. The summed E-state index contributed by atoms with van der Waals surface area (Å²) in [7, 11) is 0. The van der Waals surface area contributed by atoms with Gasteiger partial charge in [-0.3, -0.25) is 4.79 Å². The largest absolute Gasteiger partial charge is 0.394 e. The van der Waals surface area contributed by atoms with E-state index in [0.29, 0.717) is 6.42 Å². The number of carbonyl (C=O) groups is 1. The summed E-state index contributed by atoms with van der Waals surface area (Å²) in [6, 6.07) is -0.647. The summed E-state index contributed by atoms with van der Waals surface area (Å²) in [4.78, 5) is 12.4. The second-order valence-electron chi connectivity index (χ2n) is 15.5. The van der Waals surface area contributed by atoms with Gasteiger partial charge in [-0.2, -0.15) is 0 Å². The number of aliphatic hydroxyl groups is 2. The summed E-state index contributed by atoms with van der Waals surface area (Å²) in [6.45, 7) is 4.28. The Labute approximate surface area is 324 Å². The average molecular weight is 728 g/mol. The number of unbranched alkanes of at least 4 members (excludes halogenated alkanes) is 28. The minimum absolute atomic E-state index is 0.0876. The van der Waals surface area contributed by atoms with Gasteiger partial charge >= 0.3 is 0 Å². The number of carbonyl (C=O) groups excluding carboxylic acids is 1. The van der Waals surface area contributed by atoms with Crippen molar-refractivity contribution in [2.24, 2.45) is 0 Å². The molecule has 304 valence electrons. The Kier molecular flexibility index (Phi) is 42.4. The van der Waals surface area contributed by atoms with Crippen LogP contribution >= 0.6 is 0 Å². The maximum atomic E-state index is 12.4. The fraction of sp³-hybridized carbons (Fsp3) is 0.812. The maximum absolute atomic E-state index is 12.4. The van der Waals surface area contributed by atoms with Gasteiger partial charge in [0.05, 0.1) is 18.8 Å². The van der Waals surface area contributed by atoms with Crippen LogP contribution in [0.2, 0.25) is 0 Å². The molecule has 2 unspecified atom stereocenters. The Morgan fingerprint density at radius 1 is 0.462 bits per heavy atom. The number of allylic oxidation sites excluding steroid dienone is 7. The molecular formula is C48H89NO3. The van der Waals surface area contributed by atoms with Crippen molar-refractivity contribution in [2.45, 2.75) is 244 Å². The fourth-order valence-electron chi connectivity index (χ4n) is 6.75. The lowest BCUT2D eigenvalue weighted by Crippen LogP contribution is -2.45. The van der Waals surface area contributed by atoms with Gasteiger partial charge in [-0.05, 0) is 64.2 Å². The quantitative estimate of drug-likeness (QED) is 0.0434. The van der Waals surface area contributed by atoms with Crippen LogP contribution in [-0.2, 0) is 4.79 Å². The first-order valence-corrected chi connectivity index (χ1v) is 22.9. The van der Waals surface area contributed by atoms with Gasteiger partial charge in [0.25, 0.3) is 0 Å². The van der Waals surface area contributed by atoms with Crippen LogP contribution < -0.4 is 5.32 Å². The smallest absolute Gasteiger partial charge is 0.220 e. The van der Waals surface area contributed by atoms with Gasteiger partial charge in [0.1, 0.15) is 0 Å². The molecule has 2 atom stereocenters. The average Bonchev–Trinajstić information content (AvgIpc) is 3.15. The molecule has 0 heterocycles. The minimum Gasteiger partial charge on any atom is -0.394 e. The number of hydrogen-bond acceptors (Lipinski definition) is 3. The summed E-state index contributed by atoms with van der Waals surface area (Å²) < 4.78 is 0. The van der Waals surface area contributed by atoms with Gasteiger partial charge in [-0.15, -0.1) is 0 Å². The van der Waals surface area contributed by atoms with Crippen molar-refractivity contribution in [3.05, 3.63) is 48.6 Å². The van der Waals surface area contributed by atoms with Gasteiger partial charge in [0.2, 0.25) is 5.91 Å². The zero-order valence-electron chi connectivity index (χ0n) is 34.8. The molecule has 4 nitrogen and oxygen atoms in total. The molecule has 0 aliphatic carbocycles. The number of amides is 1.